The van der Waals surface area contributed by atoms with Crippen LogP contribution in [0.15, 0.2) is 36.4 Å². The molecule has 0 atom stereocenters. The summed E-state index contributed by atoms with van der Waals surface area (Å²) in [5.74, 6) is 0. The molecule has 2 aromatic rings. The third kappa shape index (κ3) is 2.58. The van der Waals surface area contributed by atoms with Crippen LogP contribution < -0.4 is 0 Å². The predicted molar refractivity (Wildman–Crippen MR) is 76.7 cm³/mol. The summed E-state index contributed by atoms with van der Waals surface area (Å²) in [6, 6.07) is 11.4. The lowest BCUT2D eigenvalue weighted by atomic mass is 9.98. The normalized spacial score (nSPS) is 10.4. The van der Waals surface area contributed by atoms with Crippen molar-refractivity contribution in [3.05, 3.63) is 57.6 Å². The Morgan fingerprint density at radius 3 is 2.61 bits per heavy atom. The van der Waals surface area contributed by atoms with E-state index in [1.807, 2.05) is 12.1 Å². The highest BCUT2D eigenvalue weighted by atomic mass is 35.5. The number of aldehydes is 1. The molecule has 0 fully saturated rings. The van der Waals surface area contributed by atoms with E-state index in [4.69, 9.17) is 23.2 Å². The maximum absolute atomic E-state index is 11.2. The van der Waals surface area contributed by atoms with Crippen molar-refractivity contribution in [3.8, 4) is 11.1 Å². The first-order chi connectivity index (χ1) is 8.65. The highest BCUT2D eigenvalue weighted by Crippen LogP contribution is 2.32. The minimum atomic E-state index is 0.384. The van der Waals surface area contributed by atoms with E-state index in [1.54, 1.807) is 12.1 Å². The molecule has 2 rings (SSSR count). The van der Waals surface area contributed by atoms with Crippen LogP contribution >= 0.6 is 23.2 Å². The van der Waals surface area contributed by atoms with Crippen LogP contribution in [0.5, 0.6) is 0 Å². The van der Waals surface area contributed by atoms with E-state index < -0.39 is 0 Å². The highest BCUT2D eigenvalue weighted by molar-refractivity contribution is 6.37. The van der Waals surface area contributed by atoms with E-state index in [-0.39, 0.29) is 0 Å². The lowest BCUT2D eigenvalue weighted by Crippen LogP contribution is -1.91. The molecule has 1 nitrogen and oxygen atoms in total. The van der Waals surface area contributed by atoms with Crippen molar-refractivity contribution in [2.24, 2.45) is 0 Å². The van der Waals surface area contributed by atoms with Gasteiger partial charge in [0.15, 0.2) is 6.29 Å². The third-order valence-electron chi connectivity index (χ3n) is 2.86. The van der Waals surface area contributed by atoms with Gasteiger partial charge in [0.25, 0.3) is 0 Å². The standard InChI is InChI=1S/C15H12Cl2O/c1-2-10-4-3-5-11(6-10)13-7-12(16)8-15(17)14(13)9-18/h3-9H,2H2,1H3. The van der Waals surface area contributed by atoms with Gasteiger partial charge >= 0.3 is 0 Å². The molecule has 0 aromatic heterocycles. The van der Waals surface area contributed by atoms with E-state index >= 15 is 0 Å². The van der Waals surface area contributed by atoms with Gasteiger partial charge in [-0.05, 0) is 35.2 Å². The number of hydrogen-bond donors (Lipinski definition) is 0. The zero-order chi connectivity index (χ0) is 13.1. The molecule has 0 aliphatic heterocycles. The second-order valence-electron chi connectivity index (χ2n) is 4.02. The van der Waals surface area contributed by atoms with Crippen molar-refractivity contribution in [1.29, 1.82) is 0 Å². The highest BCUT2D eigenvalue weighted by Gasteiger charge is 2.10. The molecule has 0 spiro atoms. The maximum Gasteiger partial charge on any atom is 0.152 e. The molecule has 0 radical (unpaired) electrons. The second-order valence-corrected chi connectivity index (χ2v) is 4.86. The molecule has 0 aliphatic rings. The quantitative estimate of drug-likeness (QED) is 0.720. The molecule has 0 N–H and O–H groups in total. The largest absolute Gasteiger partial charge is 0.298 e. The third-order valence-corrected chi connectivity index (χ3v) is 3.39. The van der Waals surface area contributed by atoms with Crippen LogP contribution in [0, 0.1) is 0 Å². The van der Waals surface area contributed by atoms with Crippen molar-refractivity contribution in [2.45, 2.75) is 13.3 Å². The first-order valence-electron chi connectivity index (χ1n) is 5.69. The number of carbonyl (C=O) groups excluding carboxylic acids is 1. The average molecular weight is 279 g/mol. The van der Waals surface area contributed by atoms with Gasteiger partial charge in [0.05, 0.1) is 5.02 Å². The molecule has 0 bridgehead atoms. The Morgan fingerprint density at radius 1 is 1.17 bits per heavy atom. The maximum atomic E-state index is 11.2. The number of hydrogen-bond acceptors (Lipinski definition) is 1. The SMILES string of the molecule is CCc1cccc(-c2cc(Cl)cc(Cl)c2C=O)c1. The number of rotatable bonds is 3. The topological polar surface area (TPSA) is 17.1 Å². The van der Waals surface area contributed by atoms with E-state index in [2.05, 4.69) is 19.1 Å². The van der Waals surface area contributed by atoms with Gasteiger partial charge in [-0.3, -0.25) is 4.79 Å². The second kappa shape index (κ2) is 5.55. The van der Waals surface area contributed by atoms with E-state index in [0.29, 0.717) is 15.6 Å². The number of benzene rings is 2. The summed E-state index contributed by atoms with van der Waals surface area (Å²) in [6.07, 6.45) is 1.71. The molecule has 3 heteroatoms. The lowest BCUT2D eigenvalue weighted by Gasteiger charge is -2.09. The summed E-state index contributed by atoms with van der Waals surface area (Å²) >= 11 is 12.0. The van der Waals surface area contributed by atoms with E-state index in [9.17, 15) is 4.79 Å². The first kappa shape index (κ1) is 13.1. The van der Waals surface area contributed by atoms with Crippen molar-refractivity contribution < 1.29 is 4.79 Å². The summed E-state index contributed by atoms with van der Waals surface area (Å²) < 4.78 is 0. The van der Waals surface area contributed by atoms with Crippen LogP contribution in [0.4, 0.5) is 0 Å². The van der Waals surface area contributed by atoms with Crippen LogP contribution in [0.2, 0.25) is 10.0 Å². The summed E-state index contributed by atoms with van der Waals surface area (Å²) in [7, 11) is 0. The van der Waals surface area contributed by atoms with Crippen LogP contribution in [-0.4, -0.2) is 6.29 Å². The summed E-state index contributed by atoms with van der Waals surface area (Å²) in [6.45, 7) is 2.09. The van der Waals surface area contributed by atoms with Crippen LogP contribution in [-0.2, 0) is 6.42 Å². The van der Waals surface area contributed by atoms with Gasteiger partial charge in [-0.15, -0.1) is 0 Å². The monoisotopic (exact) mass is 278 g/mol. The predicted octanol–water partition coefficient (Wildman–Crippen LogP) is 5.04. The molecule has 18 heavy (non-hydrogen) atoms. The number of aryl methyl sites for hydroxylation is 1. The van der Waals surface area contributed by atoms with Crippen LogP contribution in [0.1, 0.15) is 22.8 Å². The Kier molecular flexibility index (Phi) is 4.05. The molecule has 0 amide bonds. The van der Waals surface area contributed by atoms with Crippen LogP contribution in [0.25, 0.3) is 11.1 Å². The molecule has 0 saturated carbocycles. The number of carbonyl (C=O) groups is 1. The van der Waals surface area contributed by atoms with Gasteiger partial charge in [-0.2, -0.15) is 0 Å². The molecule has 0 unspecified atom stereocenters. The van der Waals surface area contributed by atoms with Gasteiger partial charge in [-0.1, -0.05) is 54.4 Å². The number of halogens is 2. The van der Waals surface area contributed by atoms with Crippen LogP contribution in [0.3, 0.4) is 0 Å². The summed E-state index contributed by atoms with van der Waals surface area (Å²) in [4.78, 5) is 11.2. The fourth-order valence-corrected chi connectivity index (χ4v) is 2.44. The Labute approximate surface area is 116 Å². The minimum absolute atomic E-state index is 0.384. The Balaban J connectivity index is 2.65. The van der Waals surface area contributed by atoms with Gasteiger partial charge in [-0.25, -0.2) is 0 Å². The Bertz CT molecular complexity index is 591. The summed E-state index contributed by atoms with van der Waals surface area (Å²) in [5.41, 5.74) is 3.42. The van der Waals surface area contributed by atoms with Crippen molar-refractivity contribution in [2.75, 3.05) is 0 Å². The fourth-order valence-electron chi connectivity index (χ4n) is 1.90. The smallest absolute Gasteiger partial charge is 0.152 e. The minimum Gasteiger partial charge on any atom is -0.298 e. The van der Waals surface area contributed by atoms with E-state index in [0.717, 1.165) is 23.8 Å². The molecule has 92 valence electrons. The Hall–Kier alpha value is -1.31. The molecule has 2 aromatic carbocycles. The van der Waals surface area contributed by atoms with Crippen molar-refractivity contribution in [3.63, 3.8) is 0 Å². The molecule has 0 heterocycles. The van der Waals surface area contributed by atoms with Gasteiger partial charge in [0, 0.05) is 10.6 Å². The molecular formula is C15H12Cl2O. The van der Waals surface area contributed by atoms with Gasteiger partial charge < -0.3 is 0 Å². The fraction of sp³-hybridized carbons (Fsp3) is 0.133. The van der Waals surface area contributed by atoms with Gasteiger partial charge in [0.2, 0.25) is 0 Å². The van der Waals surface area contributed by atoms with Crippen molar-refractivity contribution >= 4 is 29.5 Å². The van der Waals surface area contributed by atoms with Gasteiger partial charge in [0.1, 0.15) is 0 Å². The first-order valence-corrected chi connectivity index (χ1v) is 6.44. The average Bonchev–Trinajstić information content (AvgIpc) is 2.38. The van der Waals surface area contributed by atoms with E-state index in [1.165, 1.54) is 5.56 Å². The zero-order valence-corrected chi connectivity index (χ0v) is 11.4. The molecule has 0 aliphatic carbocycles. The molecular weight excluding hydrogens is 267 g/mol. The van der Waals surface area contributed by atoms with Crippen molar-refractivity contribution in [1.82, 2.24) is 0 Å². The summed E-state index contributed by atoms with van der Waals surface area (Å²) in [5, 5.41) is 0.914. The lowest BCUT2D eigenvalue weighted by molar-refractivity contribution is 0.112. The zero-order valence-electron chi connectivity index (χ0n) is 9.91. The Morgan fingerprint density at radius 2 is 1.94 bits per heavy atom. The molecule has 0 saturated heterocycles.